The molecule has 0 aromatic carbocycles. The number of hydrogen-bond acceptors (Lipinski definition) is 3. The third-order valence-corrected chi connectivity index (χ3v) is 2.84. The molecule has 0 saturated carbocycles. The van der Waals surface area contributed by atoms with E-state index in [1.807, 2.05) is 13.8 Å². The van der Waals surface area contributed by atoms with Gasteiger partial charge in [-0.15, -0.1) is 0 Å². The minimum atomic E-state index is -4.54. The number of morpholine rings is 1. The molecule has 3 unspecified atom stereocenters. The number of nitrogens with zero attached hydrogens (tertiary/aromatic N) is 1. The maximum Gasteiger partial charge on any atom is 0.415 e. The molecule has 1 aliphatic heterocycles. The molecule has 1 rings (SSSR count). The van der Waals surface area contributed by atoms with Gasteiger partial charge in [0.25, 0.3) is 0 Å². The van der Waals surface area contributed by atoms with Crippen LogP contribution in [0.3, 0.4) is 0 Å². The SMILES string of the molecule is CCC1COC(C)CN1CC(O)C(F)(F)F. The van der Waals surface area contributed by atoms with Crippen molar-refractivity contribution in [3.05, 3.63) is 0 Å². The van der Waals surface area contributed by atoms with E-state index in [0.29, 0.717) is 13.2 Å². The number of β-amino-alcohol motifs (C(OH)–C–C–N with tert-alkyl or cyclic N) is 1. The van der Waals surface area contributed by atoms with E-state index in [2.05, 4.69) is 0 Å². The van der Waals surface area contributed by atoms with E-state index in [-0.39, 0.29) is 18.7 Å². The third-order valence-electron chi connectivity index (χ3n) is 2.84. The lowest BCUT2D eigenvalue weighted by Crippen LogP contribution is -2.53. The lowest BCUT2D eigenvalue weighted by molar-refractivity contribution is -0.213. The molecule has 0 radical (unpaired) electrons. The molecule has 1 aliphatic rings. The monoisotopic (exact) mass is 241 g/mol. The third kappa shape index (κ3) is 3.61. The van der Waals surface area contributed by atoms with Crippen molar-refractivity contribution in [2.45, 2.75) is 44.7 Å². The summed E-state index contributed by atoms with van der Waals surface area (Å²) < 4.78 is 42.0. The highest BCUT2D eigenvalue weighted by atomic mass is 19.4. The second-order valence-electron chi connectivity index (χ2n) is 4.22. The van der Waals surface area contributed by atoms with Gasteiger partial charge in [0, 0.05) is 19.1 Å². The first-order valence-electron chi connectivity index (χ1n) is 5.45. The molecule has 3 atom stereocenters. The summed E-state index contributed by atoms with van der Waals surface area (Å²) in [7, 11) is 0. The Bertz CT molecular complexity index is 223. The molecule has 1 fully saturated rings. The summed E-state index contributed by atoms with van der Waals surface area (Å²) in [6, 6.07) is -0.0341. The van der Waals surface area contributed by atoms with Crippen molar-refractivity contribution < 1.29 is 23.0 Å². The average Bonchev–Trinajstić information content (AvgIpc) is 2.16. The molecular formula is C10H18F3NO2. The van der Waals surface area contributed by atoms with E-state index < -0.39 is 12.3 Å². The van der Waals surface area contributed by atoms with Gasteiger partial charge in [0.05, 0.1) is 12.7 Å². The van der Waals surface area contributed by atoms with Gasteiger partial charge in [0.15, 0.2) is 6.10 Å². The Balaban J connectivity index is 2.55. The summed E-state index contributed by atoms with van der Waals surface area (Å²) in [6.45, 7) is 4.22. The number of aliphatic hydroxyl groups excluding tert-OH is 1. The standard InChI is InChI=1S/C10H18F3NO2/c1-3-8-6-16-7(2)4-14(8)5-9(15)10(11,12)13/h7-9,15H,3-6H2,1-2H3. The Morgan fingerprint density at radius 3 is 2.62 bits per heavy atom. The summed E-state index contributed by atoms with van der Waals surface area (Å²) >= 11 is 0. The van der Waals surface area contributed by atoms with Gasteiger partial charge in [-0.05, 0) is 13.3 Å². The van der Waals surface area contributed by atoms with Crippen LogP contribution in [0.15, 0.2) is 0 Å². The van der Waals surface area contributed by atoms with Gasteiger partial charge in [-0.3, -0.25) is 4.90 Å². The van der Waals surface area contributed by atoms with Crippen LogP contribution < -0.4 is 0 Å². The zero-order valence-corrected chi connectivity index (χ0v) is 9.50. The summed E-state index contributed by atoms with van der Waals surface area (Å²) in [5.41, 5.74) is 0. The van der Waals surface area contributed by atoms with Gasteiger partial charge >= 0.3 is 6.18 Å². The largest absolute Gasteiger partial charge is 0.415 e. The van der Waals surface area contributed by atoms with Gasteiger partial charge in [0.2, 0.25) is 0 Å². The molecule has 0 aromatic rings. The topological polar surface area (TPSA) is 32.7 Å². The molecule has 0 aromatic heterocycles. The molecule has 96 valence electrons. The molecule has 0 aliphatic carbocycles. The van der Waals surface area contributed by atoms with Crippen LogP contribution in [0.2, 0.25) is 0 Å². The van der Waals surface area contributed by atoms with Gasteiger partial charge in [-0.1, -0.05) is 6.92 Å². The minimum Gasteiger partial charge on any atom is -0.382 e. The van der Waals surface area contributed by atoms with E-state index in [0.717, 1.165) is 6.42 Å². The highest BCUT2D eigenvalue weighted by molar-refractivity contribution is 4.81. The first-order chi connectivity index (χ1) is 7.34. The Kier molecular flexibility index (Phi) is 4.58. The van der Waals surface area contributed by atoms with Gasteiger partial charge < -0.3 is 9.84 Å². The second kappa shape index (κ2) is 5.33. The quantitative estimate of drug-likeness (QED) is 0.811. The Morgan fingerprint density at radius 1 is 1.50 bits per heavy atom. The van der Waals surface area contributed by atoms with E-state index in [1.54, 1.807) is 4.90 Å². The lowest BCUT2D eigenvalue weighted by atomic mass is 10.1. The van der Waals surface area contributed by atoms with Crippen LogP contribution in [0, 0.1) is 0 Å². The van der Waals surface area contributed by atoms with E-state index in [9.17, 15) is 13.2 Å². The number of ether oxygens (including phenoxy) is 1. The molecular weight excluding hydrogens is 223 g/mol. The van der Waals surface area contributed by atoms with Crippen molar-refractivity contribution in [3.63, 3.8) is 0 Å². The molecule has 1 N–H and O–H groups in total. The van der Waals surface area contributed by atoms with Crippen molar-refractivity contribution in [3.8, 4) is 0 Å². The van der Waals surface area contributed by atoms with Crippen LogP contribution in [0.5, 0.6) is 0 Å². The smallest absolute Gasteiger partial charge is 0.382 e. The number of alkyl halides is 3. The number of aliphatic hydroxyl groups is 1. The molecule has 3 nitrogen and oxygen atoms in total. The highest BCUT2D eigenvalue weighted by Crippen LogP contribution is 2.23. The molecule has 0 bridgehead atoms. The number of rotatable bonds is 3. The fourth-order valence-corrected chi connectivity index (χ4v) is 1.84. The zero-order valence-electron chi connectivity index (χ0n) is 9.50. The van der Waals surface area contributed by atoms with Gasteiger partial charge in [-0.25, -0.2) is 0 Å². The molecule has 1 heterocycles. The summed E-state index contributed by atoms with van der Waals surface area (Å²) in [5, 5.41) is 9.03. The fraction of sp³-hybridized carbons (Fsp3) is 1.00. The Labute approximate surface area is 93.2 Å². The Morgan fingerprint density at radius 2 is 2.12 bits per heavy atom. The molecule has 1 saturated heterocycles. The summed E-state index contributed by atoms with van der Waals surface area (Å²) in [4.78, 5) is 1.66. The summed E-state index contributed by atoms with van der Waals surface area (Å²) in [5.74, 6) is 0. The second-order valence-corrected chi connectivity index (χ2v) is 4.22. The Hall–Kier alpha value is -0.330. The maximum absolute atomic E-state index is 12.2. The number of halogens is 3. The van der Waals surface area contributed by atoms with Crippen molar-refractivity contribution in [1.29, 1.82) is 0 Å². The number of hydrogen-bond donors (Lipinski definition) is 1. The fourth-order valence-electron chi connectivity index (χ4n) is 1.84. The lowest BCUT2D eigenvalue weighted by Gasteiger charge is -2.39. The molecule has 16 heavy (non-hydrogen) atoms. The van der Waals surface area contributed by atoms with Crippen LogP contribution in [-0.2, 0) is 4.74 Å². The van der Waals surface area contributed by atoms with E-state index in [1.165, 1.54) is 0 Å². The van der Waals surface area contributed by atoms with Crippen molar-refractivity contribution in [2.24, 2.45) is 0 Å². The van der Waals surface area contributed by atoms with Crippen LogP contribution in [-0.4, -0.2) is 54.1 Å². The van der Waals surface area contributed by atoms with E-state index >= 15 is 0 Å². The van der Waals surface area contributed by atoms with Crippen LogP contribution in [0.4, 0.5) is 13.2 Å². The van der Waals surface area contributed by atoms with Crippen molar-refractivity contribution >= 4 is 0 Å². The molecule has 0 amide bonds. The zero-order chi connectivity index (χ0) is 12.3. The van der Waals surface area contributed by atoms with Crippen LogP contribution >= 0.6 is 0 Å². The summed E-state index contributed by atoms with van der Waals surface area (Å²) in [6.07, 6.45) is -6.17. The molecule has 6 heteroatoms. The van der Waals surface area contributed by atoms with Gasteiger partial charge in [0.1, 0.15) is 0 Å². The minimum absolute atomic E-state index is 0.0341. The van der Waals surface area contributed by atoms with E-state index in [4.69, 9.17) is 9.84 Å². The molecule has 0 spiro atoms. The van der Waals surface area contributed by atoms with Crippen LogP contribution in [0.1, 0.15) is 20.3 Å². The first kappa shape index (κ1) is 13.7. The first-order valence-corrected chi connectivity index (χ1v) is 5.45. The predicted molar refractivity (Wildman–Crippen MR) is 53.1 cm³/mol. The predicted octanol–water partition coefficient (Wildman–Crippen LogP) is 1.41. The maximum atomic E-state index is 12.2. The van der Waals surface area contributed by atoms with Crippen molar-refractivity contribution in [2.75, 3.05) is 19.7 Å². The average molecular weight is 241 g/mol. The van der Waals surface area contributed by atoms with Crippen LogP contribution in [0.25, 0.3) is 0 Å². The van der Waals surface area contributed by atoms with Gasteiger partial charge in [-0.2, -0.15) is 13.2 Å². The highest BCUT2D eigenvalue weighted by Gasteiger charge is 2.40. The normalized spacial score (nSPS) is 30.4. The van der Waals surface area contributed by atoms with Crippen molar-refractivity contribution in [1.82, 2.24) is 4.90 Å².